The Morgan fingerprint density at radius 2 is 1.67 bits per heavy atom. The van der Waals surface area contributed by atoms with Gasteiger partial charge in [0, 0.05) is 11.8 Å². The molecular formula is C26H21NO6. The lowest BCUT2D eigenvalue weighted by Gasteiger charge is -2.14. The number of carboxylic acids is 2. The molecule has 4 aromatic rings. The van der Waals surface area contributed by atoms with E-state index in [0.29, 0.717) is 11.1 Å². The molecule has 0 spiro atoms. The predicted molar refractivity (Wildman–Crippen MR) is 122 cm³/mol. The van der Waals surface area contributed by atoms with E-state index in [1.54, 1.807) is 54.6 Å². The highest BCUT2D eigenvalue weighted by molar-refractivity contribution is 5.98. The fraction of sp³-hybridized carbons (Fsp3) is 0.115. The smallest absolute Gasteiger partial charge is 0.335 e. The summed E-state index contributed by atoms with van der Waals surface area (Å²) in [7, 11) is 0. The molecule has 0 aliphatic rings. The zero-order valence-corrected chi connectivity index (χ0v) is 17.7. The van der Waals surface area contributed by atoms with Crippen molar-refractivity contribution in [2.45, 2.75) is 19.4 Å². The number of rotatable bonds is 7. The maximum atomic E-state index is 12.6. The van der Waals surface area contributed by atoms with E-state index in [-0.39, 0.29) is 17.7 Å². The van der Waals surface area contributed by atoms with Gasteiger partial charge in [0.15, 0.2) is 5.76 Å². The van der Waals surface area contributed by atoms with Gasteiger partial charge in [0.1, 0.15) is 11.6 Å². The standard InChI is InChI=1S/C26H21NO6/c1-15-5-10-22-20(11-15)14-23(33-22)24(28)27-21(26(31)32)12-16-6-8-17(9-7-16)18-3-2-4-19(13-18)25(29)30/h2-11,13-14,21H,12H2,1H3,(H,27,28)(H,29,30)(H,31,32). The molecule has 1 aromatic heterocycles. The van der Waals surface area contributed by atoms with Crippen LogP contribution in [0.4, 0.5) is 0 Å². The lowest BCUT2D eigenvalue weighted by molar-refractivity contribution is -0.139. The van der Waals surface area contributed by atoms with Crippen LogP contribution in [0.2, 0.25) is 0 Å². The number of benzene rings is 3. The van der Waals surface area contributed by atoms with Crippen molar-refractivity contribution in [1.29, 1.82) is 0 Å². The van der Waals surface area contributed by atoms with Crippen molar-refractivity contribution < 1.29 is 29.0 Å². The lowest BCUT2D eigenvalue weighted by Crippen LogP contribution is -2.42. The molecule has 0 radical (unpaired) electrons. The van der Waals surface area contributed by atoms with Gasteiger partial charge < -0.3 is 19.9 Å². The molecule has 7 nitrogen and oxygen atoms in total. The van der Waals surface area contributed by atoms with Crippen molar-refractivity contribution in [3.63, 3.8) is 0 Å². The minimum atomic E-state index is -1.16. The predicted octanol–water partition coefficient (Wildman–Crippen LogP) is 4.53. The zero-order chi connectivity index (χ0) is 23.5. The van der Waals surface area contributed by atoms with Gasteiger partial charge in [0.25, 0.3) is 5.91 Å². The fourth-order valence-corrected chi connectivity index (χ4v) is 3.60. The number of hydrogen-bond acceptors (Lipinski definition) is 4. The number of aromatic carboxylic acids is 1. The van der Waals surface area contributed by atoms with Crippen LogP contribution in [-0.4, -0.2) is 34.1 Å². The van der Waals surface area contributed by atoms with E-state index < -0.39 is 23.9 Å². The SMILES string of the molecule is Cc1ccc2oc(C(=O)NC(Cc3ccc(-c4cccc(C(=O)O)c4)cc3)C(=O)O)cc2c1. The second-order valence-electron chi connectivity index (χ2n) is 7.80. The van der Waals surface area contributed by atoms with Crippen molar-refractivity contribution in [2.75, 3.05) is 0 Å². The van der Waals surface area contributed by atoms with Gasteiger partial charge in [-0.2, -0.15) is 0 Å². The molecule has 0 aliphatic heterocycles. The van der Waals surface area contributed by atoms with Gasteiger partial charge in [0.05, 0.1) is 5.56 Å². The quantitative estimate of drug-likeness (QED) is 0.386. The van der Waals surface area contributed by atoms with Crippen LogP contribution in [0.5, 0.6) is 0 Å². The van der Waals surface area contributed by atoms with Crippen LogP contribution in [0, 0.1) is 6.92 Å². The number of carbonyl (C=O) groups excluding carboxylic acids is 1. The second-order valence-corrected chi connectivity index (χ2v) is 7.80. The van der Waals surface area contributed by atoms with E-state index in [1.165, 1.54) is 6.07 Å². The Hall–Kier alpha value is -4.39. The number of hydrogen-bond donors (Lipinski definition) is 3. The molecule has 0 saturated carbocycles. The third-order valence-corrected chi connectivity index (χ3v) is 5.34. The molecule has 0 aliphatic carbocycles. The number of aryl methyl sites for hydroxylation is 1. The summed E-state index contributed by atoms with van der Waals surface area (Å²) in [5.41, 5.74) is 4.02. The van der Waals surface area contributed by atoms with Gasteiger partial charge in [-0.05, 0) is 53.9 Å². The molecule has 1 heterocycles. The Labute approximate surface area is 189 Å². The van der Waals surface area contributed by atoms with Gasteiger partial charge in [-0.3, -0.25) is 4.79 Å². The Kier molecular flexibility index (Phi) is 5.95. The summed E-state index contributed by atoms with van der Waals surface area (Å²) >= 11 is 0. The van der Waals surface area contributed by atoms with E-state index >= 15 is 0 Å². The van der Waals surface area contributed by atoms with Crippen molar-refractivity contribution in [1.82, 2.24) is 5.32 Å². The first-order chi connectivity index (χ1) is 15.8. The highest BCUT2D eigenvalue weighted by Crippen LogP contribution is 2.23. The van der Waals surface area contributed by atoms with Crippen LogP contribution in [0.3, 0.4) is 0 Å². The average molecular weight is 443 g/mol. The summed E-state index contributed by atoms with van der Waals surface area (Å²) < 4.78 is 5.56. The molecule has 33 heavy (non-hydrogen) atoms. The van der Waals surface area contributed by atoms with Gasteiger partial charge in [-0.15, -0.1) is 0 Å². The van der Waals surface area contributed by atoms with Crippen molar-refractivity contribution >= 4 is 28.8 Å². The summed E-state index contributed by atoms with van der Waals surface area (Å²) in [6.07, 6.45) is 0.0792. The number of fused-ring (bicyclic) bond motifs is 1. The monoisotopic (exact) mass is 443 g/mol. The van der Waals surface area contributed by atoms with Crippen molar-refractivity contribution in [3.8, 4) is 11.1 Å². The summed E-state index contributed by atoms with van der Waals surface area (Å²) in [4.78, 5) is 35.6. The average Bonchev–Trinajstić information content (AvgIpc) is 3.22. The van der Waals surface area contributed by atoms with Gasteiger partial charge >= 0.3 is 11.9 Å². The van der Waals surface area contributed by atoms with Crippen LogP contribution in [-0.2, 0) is 11.2 Å². The largest absolute Gasteiger partial charge is 0.480 e. The molecule has 1 unspecified atom stereocenters. The maximum absolute atomic E-state index is 12.6. The highest BCUT2D eigenvalue weighted by Gasteiger charge is 2.23. The molecule has 7 heteroatoms. The number of nitrogens with one attached hydrogen (secondary N) is 1. The molecule has 3 N–H and O–H groups in total. The summed E-state index contributed by atoms with van der Waals surface area (Å²) in [5.74, 6) is -2.71. The van der Waals surface area contributed by atoms with Crippen LogP contribution in [0.1, 0.15) is 32.0 Å². The Morgan fingerprint density at radius 3 is 2.36 bits per heavy atom. The number of aliphatic carboxylic acids is 1. The number of carboxylic acid groups (broad SMARTS) is 2. The number of carbonyl (C=O) groups is 3. The molecule has 4 rings (SSSR count). The zero-order valence-electron chi connectivity index (χ0n) is 17.7. The van der Waals surface area contributed by atoms with E-state index in [2.05, 4.69) is 5.32 Å². The van der Waals surface area contributed by atoms with Gasteiger partial charge in [0.2, 0.25) is 0 Å². The first-order valence-electron chi connectivity index (χ1n) is 10.3. The third kappa shape index (κ3) is 4.93. The summed E-state index contributed by atoms with van der Waals surface area (Å²) in [6, 6.07) is 19.6. The second kappa shape index (κ2) is 9.00. The maximum Gasteiger partial charge on any atom is 0.335 e. The summed E-state index contributed by atoms with van der Waals surface area (Å²) in [6.45, 7) is 1.93. The normalized spacial score (nSPS) is 11.8. The number of furan rings is 1. The first-order valence-corrected chi connectivity index (χ1v) is 10.3. The third-order valence-electron chi connectivity index (χ3n) is 5.34. The Balaban J connectivity index is 1.48. The summed E-state index contributed by atoms with van der Waals surface area (Å²) in [5, 5.41) is 22.1. The highest BCUT2D eigenvalue weighted by atomic mass is 16.4. The Bertz CT molecular complexity index is 1350. The van der Waals surface area contributed by atoms with E-state index in [9.17, 15) is 19.5 Å². The number of amides is 1. The topological polar surface area (TPSA) is 117 Å². The molecular weight excluding hydrogens is 422 g/mol. The van der Waals surface area contributed by atoms with E-state index in [1.807, 2.05) is 19.1 Å². The van der Waals surface area contributed by atoms with Crippen LogP contribution < -0.4 is 5.32 Å². The molecule has 3 aromatic carbocycles. The first kappa shape index (κ1) is 21.8. The minimum Gasteiger partial charge on any atom is -0.480 e. The Morgan fingerprint density at radius 1 is 0.909 bits per heavy atom. The van der Waals surface area contributed by atoms with Crippen LogP contribution in [0.25, 0.3) is 22.1 Å². The van der Waals surface area contributed by atoms with Crippen LogP contribution in [0.15, 0.2) is 77.2 Å². The lowest BCUT2D eigenvalue weighted by atomic mass is 9.99. The molecule has 0 fully saturated rings. The minimum absolute atomic E-state index is 0.0514. The van der Waals surface area contributed by atoms with Gasteiger partial charge in [-0.25, -0.2) is 9.59 Å². The van der Waals surface area contributed by atoms with E-state index in [4.69, 9.17) is 9.52 Å². The molecule has 0 bridgehead atoms. The van der Waals surface area contributed by atoms with Crippen molar-refractivity contribution in [2.24, 2.45) is 0 Å². The molecule has 1 atom stereocenters. The van der Waals surface area contributed by atoms with Crippen LogP contribution >= 0.6 is 0 Å². The fourth-order valence-electron chi connectivity index (χ4n) is 3.60. The molecule has 1 amide bonds. The molecule has 166 valence electrons. The van der Waals surface area contributed by atoms with Crippen molar-refractivity contribution in [3.05, 3.63) is 95.2 Å². The molecule has 0 saturated heterocycles. The van der Waals surface area contributed by atoms with E-state index in [0.717, 1.165) is 22.1 Å². The van der Waals surface area contributed by atoms with Gasteiger partial charge in [-0.1, -0.05) is 48.0 Å².